The van der Waals surface area contributed by atoms with E-state index in [-0.39, 0.29) is 5.43 Å². The molecule has 4 heteroatoms. The third kappa shape index (κ3) is 4.01. The second kappa shape index (κ2) is 6.97. The van der Waals surface area contributed by atoms with Crippen LogP contribution < -0.4 is 10.2 Å². The minimum absolute atomic E-state index is 0.153. The Kier molecular flexibility index (Phi) is 5.03. The van der Waals surface area contributed by atoms with Crippen LogP contribution in [-0.2, 0) is 13.0 Å². The van der Waals surface area contributed by atoms with E-state index in [1.807, 2.05) is 42.8 Å². The van der Waals surface area contributed by atoms with Gasteiger partial charge >= 0.3 is 0 Å². The minimum Gasteiger partial charge on any atom is -0.482 e. The molecule has 104 valence electrons. The largest absolute Gasteiger partial charge is 0.482 e. The second-order valence-corrected chi connectivity index (χ2v) is 6.33. The SMILES string of the molecule is C=P(C)=CCc1occc(=O)c1OCc1ccccc1. The molecule has 0 saturated carbocycles. The first-order valence-electron chi connectivity index (χ1n) is 6.31. The van der Waals surface area contributed by atoms with Crippen LogP contribution in [0.1, 0.15) is 11.3 Å². The lowest BCUT2D eigenvalue weighted by atomic mass is 10.2. The van der Waals surface area contributed by atoms with Crippen LogP contribution in [0.4, 0.5) is 0 Å². The molecular formula is C16H17O3P. The molecule has 0 amide bonds. The molecule has 20 heavy (non-hydrogen) atoms. The van der Waals surface area contributed by atoms with Crippen molar-refractivity contribution in [3.63, 3.8) is 0 Å². The van der Waals surface area contributed by atoms with Gasteiger partial charge in [0.2, 0.25) is 11.2 Å². The molecule has 0 bridgehead atoms. The summed E-state index contributed by atoms with van der Waals surface area (Å²) in [5, 5.41) is 0. The van der Waals surface area contributed by atoms with Crippen LogP contribution in [-0.4, -0.2) is 18.8 Å². The lowest BCUT2D eigenvalue weighted by Crippen LogP contribution is -2.10. The molecule has 0 saturated heterocycles. The molecule has 1 heterocycles. The van der Waals surface area contributed by atoms with Crippen LogP contribution in [0, 0.1) is 0 Å². The van der Waals surface area contributed by atoms with Gasteiger partial charge in [-0.15, -0.1) is 7.17 Å². The first-order valence-corrected chi connectivity index (χ1v) is 8.35. The lowest BCUT2D eigenvalue weighted by molar-refractivity contribution is 0.285. The molecule has 3 nitrogen and oxygen atoms in total. The van der Waals surface area contributed by atoms with Gasteiger partial charge in [0.05, 0.1) is 6.26 Å². The van der Waals surface area contributed by atoms with Crippen LogP contribution in [0.25, 0.3) is 0 Å². The van der Waals surface area contributed by atoms with E-state index in [1.54, 1.807) is 0 Å². The Morgan fingerprint density at radius 1 is 1.30 bits per heavy atom. The summed E-state index contributed by atoms with van der Waals surface area (Å²) in [4.78, 5) is 11.9. The van der Waals surface area contributed by atoms with E-state index in [9.17, 15) is 4.79 Å². The van der Waals surface area contributed by atoms with Crippen LogP contribution >= 0.6 is 7.17 Å². The summed E-state index contributed by atoms with van der Waals surface area (Å²) in [5.74, 6) is 2.90. The van der Waals surface area contributed by atoms with Crippen molar-refractivity contribution in [2.24, 2.45) is 0 Å². The monoisotopic (exact) mass is 288 g/mol. The number of rotatable bonds is 5. The number of hydrogen-bond acceptors (Lipinski definition) is 3. The van der Waals surface area contributed by atoms with Gasteiger partial charge in [0.1, 0.15) is 6.61 Å². The van der Waals surface area contributed by atoms with Crippen LogP contribution in [0.3, 0.4) is 0 Å². The van der Waals surface area contributed by atoms with Crippen LogP contribution in [0.2, 0.25) is 0 Å². The Morgan fingerprint density at radius 3 is 2.75 bits per heavy atom. The fraction of sp³-hybridized carbons (Fsp3) is 0.188. The molecule has 2 rings (SSSR count). The normalized spacial score (nSPS) is 11.3. The topological polar surface area (TPSA) is 39.4 Å². The first kappa shape index (κ1) is 14.4. The maximum absolute atomic E-state index is 11.9. The van der Waals surface area contributed by atoms with Crippen molar-refractivity contribution in [1.82, 2.24) is 0 Å². The van der Waals surface area contributed by atoms with Gasteiger partial charge in [-0.05, 0) is 12.2 Å². The van der Waals surface area contributed by atoms with Crippen LogP contribution in [0.5, 0.6) is 5.75 Å². The zero-order valence-electron chi connectivity index (χ0n) is 11.4. The predicted molar refractivity (Wildman–Crippen MR) is 85.5 cm³/mol. The van der Waals surface area contributed by atoms with Gasteiger partial charge in [0, 0.05) is 12.5 Å². The number of benzene rings is 1. The first-order chi connectivity index (χ1) is 9.66. The van der Waals surface area contributed by atoms with Crippen molar-refractivity contribution in [3.8, 4) is 5.75 Å². The van der Waals surface area contributed by atoms with E-state index >= 15 is 0 Å². The van der Waals surface area contributed by atoms with Crippen molar-refractivity contribution in [1.29, 1.82) is 0 Å². The summed E-state index contributed by atoms with van der Waals surface area (Å²) < 4.78 is 11.1. The van der Waals surface area contributed by atoms with E-state index in [4.69, 9.17) is 9.15 Å². The van der Waals surface area contributed by atoms with Gasteiger partial charge < -0.3 is 9.15 Å². The summed E-state index contributed by atoms with van der Waals surface area (Å²) in [5.41, 5.74) is 0.862. The Balaban J connectivity index is 2.20. The molecule has 1 atom stereocenters. The molecule has 0 N–H and O–H groups in total. The van der Waals surface area contributed by atoms with Crippen molar-refractivity contribution < 1.29 is 9.15 Å². The molecule has 0 aliphatic heterocycles. The average molecular weight is 288 g/mol. The highest BCUT2D eigenvalue weighted by atomic mass is 31.1. The second-order valence-electron chi connectivity index (χ2n) is 4.46. The summed E-state index contributed by atoms with van der Waals surface area (Å²) in [7, 11) is -0.392. The number of hydrogen-bond donors (Lipinski definition) is 0. The summed E-state index contributed by atoms with van der Waals surface area (Å²) >= 11 is 0. The Labute approximate surface area is 118 Å². The van der Waals surface area contributed by atoms with Gasteiger partial charge in [-0.3, -0.25) is 4.79 Å². The van der Waals surface area contributed by atoms with Crippen molar-refractivity contribution in [2.75, 3.05) is 6.66 Å². The van der Waals surface area contributed by atoms with Crippen molar-refractivity contribution in [3.05, 3.63) is 64.2 Å². The molecule has 0 aliphatic carbocycles. The molecule has 0 fully saturated rings. The van der Waals surface area contributed by atoms with E-state index < -0.39 is 7.17 Å². The third-order valence-corrected chi connectivity index (χ3v) is 3.53. The summed E-state index contributed by atoms with van der Waals surface area (Å²) in [6.07, 6.45) is 5.91. The summed E-state index contributed by atoms with van der Waals surface area (Å²) in [6, 6.07) is 11.1. The standard InChI is InChI=1S/C16H17O3P/c1-20(2)11-9-15-16(14(17)8-10-18-15)19-12-13-6-4-3-5-7-13/h3-8,10-11H,1,9,12H2,2H3. The highest BCUT2D eigenvalue weighted by molar-refractivity contribution is 7.54. The molecule has 2 aromatic rings. The Morgan fingerprint density at radius 2 is 2.05 bits per heavy atom. The minimum atomic E-state index is -0.392. The quantitative estimate of drug-likeness (QED) is 0.794. The molecule has 1 aromatic heterocycles. The van der Waals surface area contributed by atoms with E-state index in [0.29, 0.717) is 24.5 Å². The lowest BCUT2D eigenvalue weighted by Gasteiger charge is -2.08. The van der Waals surface area contributed by atoms with E-state index in [1.165, 1.54) is 12.3 Å². The van der Waals surface area contributed by atoms with Crippen LogP contribution in [0.15, 0.2) is 51.9 Å². The van der Waals surface area contributed by atoms with Gasteiger partial charge in [-0.1, -0.05) is 42.4 Å². The summed E-state index contributed by atoms with van der Waals surface area (Å²) in [6.45, 7) is 2.40. The fourth-order valence-electron chi connectivity index (χ4n) is 1.71. The molecule has 0 spiro atoms. The van der Waals surface area contributed by atoms with Gasteiger partial charge in [-0.25, -0.2) is 0 Å². The molecule has 0 aliphatic rings. The van der Waals surface area contributed by atoms with Gasteiger partial charge in [0.15, 0.2) is 5.76 Å². The van der Waals surface area contributed by atoms with Gasteiger partial charge in [0.25, 0.3) is 0 Å². The highest BCUT2D eigenvalue weighted by Crippen LogP contribution is 2.16. The van der Waals surface area contributed by atoms with Crippen molar-refractivity contribution >= 4 is 19.3 Å². The zero-order valence-corrected chi connectivity index (χ0v) is 12.3. The van der Waals surface area contributed by atoms with Gasteiger partial charge in [-0.2, -0.15) is 0 Å². The average Bonchev–Trinajstić information content (AvgIpc) is 2.45. The predicted octanol–water partition coefficient (Wildman–Crippen LogP) is 3.11. The smallest absolute Gasteiger partial charge is 0.227 e. The molecule has 1 unspecified atom stereocenters. The maximum Gasteiger partial charge on any atom is 0.227 e. The van der Waals surface area contributed by atoms with Crippen molar-refractivity contribution in [2.45, 2.75) is 13.0 Å². The Bertz CT molecular complexity index is 695. The third-order valence-electron chi connectivity index (χ3n) is 2.72. The maximum atomic E-state index is 11.9. The highest BCUT2D eigenvalue weighted by Gasteiger charge is 2.09. The Hall–Kier alpha value is -1.99. The number of ether oxygens (including phenoxy) is 1. The molecule has 1 aromatic carbocycles. The van der Waals surface area contributed by atoms with E-state index in [2.05, 4.69) is 6.30 Å². The molecule has 0 radical (unpaired) electrons. The molecular weight excluding hydrogens is 271 g/mol. The van der Waals surface area contributed by atoms with E-state index in [0.717, 1.165) is 5.56 Å². The fourth-order valence-corrected chi connectivity index (χ4v) is 2.18. The zero-order chi connectivity index (χ0) is 14.4.